The predicted molar refractivity (Wildman–Crippen MR) is 77.9 cm³/mol. The number of hydrogen-bond acceptors (Lipinski definition) is 2. The Kier molecular flexibility index (Phi) is 6.68. The van der Waals surface area contributed by atoms with Crippen molar-refractivity contribution in [1.29, 1.82) is 0 Å². The highest BCUT2D eigenvalue weighted by molar-refractivity contribution is 5.27. The van der Waals surface area contributed by atoms with Gasteiger partial charge in [0.2, 0.25) is 0 Å². The second-order valence-corrected chi connectivity index (χ2v) is 5.40. The van der Waals surface area contributed by atoms with Crippen molar-refractivity contribution in [2.45, 2.75) is 51.9 Å². The van der Waals surface area contributed by atoms with Gasteiger partial charge < -0.3 is 10.4 Å². The first kappa shape index (κ1) is 18.0. The Hall–Kier alpha value is -1.07. The highest BCUT2D eigenvalue weighted by Gasteiger charge is 2.30. The first-order valence-electron chi connectivity index (χ1n) is 7.38. The molecule has 1 rings (SSSR count). The molecule has 0 radical (unpaired) electrons. The Morgan fingerprint density at radius 1 is 1.19 bits per heavy atom. The summed E-state index contributed by atoms with van der Waals surface area (Å²) in [7, 11) is 0. The Bertz CT molecular complexity index is 430. The van der Waals surface area contributed by atoms with E-state index in [0.717, 1.165) is 25.0 Å². The van der Waals surface area contributed by atoms with Gasteiger partial charge in [0, 0.05) is 12.6 Å². The molecule has 0 aliphatic rings. The lowest BCUT2D eigenvalue weighted by Gasteiger charge is -2.23. The number of rotatable bonds is 7. The second-order valence-electron chi connectivity index (χ2n) is 5.40. The third kappa shape index (κ3) is 5.32. The summed E-state index contributed by atoms with van der Waals surface area (Å²) in [6, 6.07) is 5.05. The van der Waals surface area contributed by atoms with Crippen LogP contribution < -0.4 is 5.32 Å². The maximum absolute atomic E-state index is 12.7. The monoisotopic (exact) mass is 303 g/mol. The van der Waals surface area contributed by atoms with E-state index in [1.165, 1.54) is 6.07 Å². The Morgan fingerprint density at radius 3 is 2.33 bits per heavy atom. The maximum atomic E-state index is 12.7. The lowest BCUT2D eigenvalue weighted by Crippen LogP contribution is -2.34. The van der Waals surface area contributed by atoms with Gasteiger partial charge in [-0.2, -0.15) is 13.2 Å². The Labute approximate surface area is 124 Å². The molecule has 2 nitrogen and oxygen atoms in total. The van der Waals surface area contributed by atoms with Crippen molar-refractivity contribution in [3.63, 3.8) is 0 Å². The van der Waals surface area contributed by atoms with Gasteiger partial charge in [-0.3, -0.25) is 0 Å². The van der Waals surface area contributed by atoms with Crippen LogP contribution in [-0.2, 0) is 6.18 Å². The van der Waals surface area contributed by atoms with Gasteiger partial charge in [0.15, 0.2) is 0 Å². The van der Waals surface area contributed by atoms with Crippen molar-refractivity contribution in [3.05, 3.63) is 35.4 Å². The standard InChI is InChI=1S/C16H24F3NO/c1-4-12(5-2)15(21)10-20-11(3)13-7-6-8-14(9-13)16(17,18)19/h6-9,11-12,15,20-21H,4-5,10H2,1-3H3. The summed E-state index contributed by atoms with van der Waals surface area (Å²) in [5, 5.41) is 13.2. The summed E-state index contributed by atoms with van der Waals surface area (Å²) in [5.41, 5.74) is -0.0734. The largest absolute Gasteiger partial charge is 0.416 e. The van der Waals surface area contributed by atoms with Gasteiger partial charge in [-0.25, -0.2) is 0 Å². The highest BCUT2D eigenvalue weighted by atomic mass is 19.4. The van der Waals surface area contributed by atoms with E-state index >= 15 is 0 Å². The van der Waals surface area contributed by atoms with Gasteiger partial charge in [0.05, 0.1) is 11.7 Å². The molecule has 0 heterocycles. The first-order chi connectivity index (χ1) is 9.79. The minimum atomic E-state index is -4.33. The van der Waals surface area contributed by atoms with Gasteiger partial charge in [-0.15, -0.1) is 0 Å². The molecule has 2 unspecified atom stereocenters. The number of hydrogen-bond donors (Lipinski definition) is 2. The second kappa shape index (κ2) is 7.80. The van der Waals surface area contributed by atoms with Gasteiger partial charge >= 0.3 is 6.18 Å². The molecule has 2 N–H and O–H groups in total. The van der Waals surface area contributed by atoms with Crippen LogP contribution in [0.5, 0.6) is 0 Å². The molecule has 0 aliphatic carbocycles. The Balaban J connectivity index is 2.66. The zero-order valence-corrected chi connectivity index (χ0v) is 12.7. The quantitative estimate of drug-likeness (QED) is 0.793. The fourth-order valence-electron chi connectivity index (χ4n) is 2.40. The van der Waals surface area contributed by atoms with E-state index in [1.807, 2.05) is 13.8 Å². The van der Waals surface area contributed by atoms with Crippen LogP contribution in [0.3, 0.4) is 0 Å². The first-order valence-corrected chi connectivity index (χ1v) is 7.38. The number of alkyl halides is 3. The lowest BCUT2D eigenvalue weighted by molar-refractivity contribution is -0.137. The van der Waals surface area contributed by atoms with Crippen LogP contribution in [0.2, 0.25) is 0 Å². The summed E-state index contributed by atoms with van der Waals surface area (Å²) in [4.78, 5) is 0. The van der Waals surface area contributed by atoms with Gasteiger partial charge in [0.25, 0.3) is 0 Å². The molecular formula is C16H24F3NO. The van der Waals surface area contributed by atoms with Crippen molar-refractivity contribution in [1.82, 2.24) is 5.32 Å². The van der Waals surface area contributed by atoms with Crippen LogP contribution in [0.4, 0.5) is 13.2 Å². The molecule has 0 bridgehead atoms. The molecule has 1 aromatic carbocycles. The predicted octanol–water partition coefficient (Wildman–Crippen LogP) is 4.15. The summed E-state index contributed by atoms with van der Waals surface area (Å²) in [6.07, 6.45) is -3.03. The number of aliphatic hydroxyl groups is 1. The van der Waals surface area contributed by atoms with Gasteiger partial charge in [0.1, 0.15) is 0 Å². The van der Waals surface area contributed by atoms with Crippen molar-refractivity contribution in [3.8, 4) is 0 Å². The third-order valence-corrected chi connectivity index (χ3v) is 3.94. The zero-order valence-electron chi connectivity index (χ0n) is 12.7. The molecule has 2 atom stereocenters. The van der Waals surface area contributed by atoms with Crippen molar-refractivity contribution in [2.75, 3.05) is 6.54 Å². The molecule has 120 valence electrons. The molecule has 5 heteroatoms. The van der Waals surface area contributed by atoms with Crippen LogP contribution in [0.25, 0.3) is 0 Å². The number of halogens is 3. The number of benzene rings is 1. The van der Waals surface area contributed by atoms with E-state index in [1.54, 1.807) is 13.0 Å². The van der Waals surface area contributed by atoms with E-state index in [2.05, 4.69) is 5.32 Å². The summed E-state index contributed by atoms with van der Waals surface area (Å²) >= 11 is 0. The van der Waals surface area contributed by atoms with Gasteiger partial charge in [-0.05, 0) is 30.5 Å². The minimum Gasteiger partial charge on any atom is -0.392 e. The average Bonchev–Trinajstić information content (AvgIpc) is 2.45. The van der Waals surface area contributed by atoms with Crippen LogP contribution >= 0.6 is 0 Å². The Morgan fingerprint density at radius 2 is 1.81 bits per heavy atom. The summed E-state index contributed by atoms with van der Waals surface area (Å²) < 4.78 is 38.0. The molecule has 0 spiro atoms. The van der Waals surface area contributed by atoms with E-state index in [4.69, 9.17) is 0 Å². The molecular weight excluding hydrogens is 279 g/mol. The number of aliphatic hydroxyl groups excluding tert-OH is 1. The van der Waals surface area contributed by atoms with Gasteiger partial charge in [-0.1, -0.05) is 38.8 Å². The highest BCUT2D eigenvalue weighted by Crippen LogP contribution is 2.30. The average molecular weight is 303 g/mol. The molecule has 0 aliphatic heterocycles. The fourth-order valence-corrected chi connectivity index (χ4v) is 2.40. The molecule has 0 fully saturated rings. The molecule has 0 saturated carbocycles. The van der Waals surface area contributed by atoms with Crippen LogP contribution in [0.15, 0.2) is 24.3 Å². The van der Waals surface area contributed by atoms with E-state index in [0.29, 0.717) is 12.1 Å². The smallest absolute Gasteiger partial charge is 0.392 e. The van der Waals surface area contributed by atoms with Crippen LogP contribution in [0.1, 0.15) is 50.8 Å². The molecule has 1 aromatic rings. The van der Waals surface area contributed by atoms with Crippen LogP contribution in [0, 0.1) is 5.92 Å². The minimum absolute atomic E-state index is 0.214. The topological polar surface area (TPSA) is 32.3 Å². The molecule has 21 heavy (non-hydrogen) atoms. The maximum Gasteiger partial charge on any atom is 0.416 e. The SMILES string of the molecule is CCC(CC)C(O)CNC(C)c1cccc(C(F)(F)F)c1. The molecule has 0 saturated heterocycles. The van der Waals surface area contributed by atoms with Crippen molar-refractivity contribution < 1.29 is 18.3 Å². The van der Waals surface area contributed by atoms with Crippen LogP contribution in [-0.4, -0.2) is 17.8 Å². The lowest BCUT2D eigenvalue weighted by atomic mass is 9.96. The number of nitrogens with one attached hydrogen (secondary N) is 1. The molecule has 0 aromatic heterocycles. The zero-order chi connectivity index (χ0) is 16.0. The van der Waals surface area contributed by atoms with Crippen molar-refractivity contribution in [2.24, 2.45) is 5.92 Å². The van der Waals surface area contributed by atoms with E-state index in [9.17, 15) is 18.3 Å². The van der Waals surface area contributed by atoms with E-state index in [-0.39, 0.29) is 12.0 Å². The summed E-state index contributed by atoms with van der Waals surface area (Å²) in [5.74, 6) is 0.214. The summed E-state index contributed by atoms with van der Waals surface area (Å²) in [6.45, 7) is 6.22. The molecule has 0 amide bonds. The normalized spacial score (nSPS) is 15.2. The third-order valence-electron chi connectivity index (χ3n) is 3.94. The fraction of sp³-hybridized carbons (Fsp3) is 0.625. The van der Waals surface area contributed by atoms with E-state index < -0.39 is 17.8 Å². The van der Waals surface area contributed by atoms with Crippen molar-refractivity contribution >= 4 is 0 Å².